The number of halogens is 1. The number of hydrogen-bond donors (Lipinski definition) is 0. The number of carbonyl (C=O) groups excluding carboxylic acids is 1. The van der Waals surface area contributed by atoms with Gasteiger partial charge in [0.05, 0.1) is 23.5 Å². The Morgan fingerprint density at radius 1 is 1.13 bits per heavy atom. The molecule has 1 aliphatic rings. The van der Waals surface area contributed by atoms with Crippen molar-refractivity contribution in [2.24, 2.45) is 0 Å². The van der Waals surface area contributed by atoms with Crippen molar-refractivity contribution in [2.75, 3.05) is 12.0 Å². The van der Waals surface area contributed by atoms with Crippen LogP contribution in [0.1, 0.15) is 12.5 Å². The minimum absolute atomic E-state index is 0.419. The van der Waals surface area contributed by atoms with Crippen molar-refractivity contribution in [3.8, 4) is 5.75 Å². The first-order valence-corrected chi connectivity index (χ1v) is 7.59. The van der Waals surface area contributed by atoms with E-state index in [-0.39, 0.29) is 0 Å². The molecular weight excluding hydrogens is 314 g/mol. The summed E-state index contributed by atoms with van der Waals surface area (Å²) in [7, 11) is 1.60. The van der Waals surface area contributed by atoms with Crippen molar-refractivity contribution < 1.29 is 14.3 Å². The second-order valence-corrected chi connectivity index (χ2v) is 5.50. The van der Waals surface area contributed by atoms with Gasteiger partial charge in [0.1, 0.15) is 11.9 Å². The first kappa shape index (κ1) is 15.4. The molecule has 0 N–H and O–H groups in total. The second kappa shape index (κ2) is 6.34. The summed E-state index contributed by atoms with van der Waals surface area (Å²) >= 11 is 6.56. The van der Waals surface area contributed by atoms with Crippen molar-refractivity contribution in [1.29, 1.82) is 0 Å². The Bertz CT molecular complexity index is 741. The molecule has 1 atom stereocenters. The molecule has 3 rings (SSSR count). The normalized spacial score (nSPS) is 19.5. The highest BCUT2D eigenvalue weighted by atomic mass is 35.5. The molecule has 1 fully saturated rings. The van der Waals surface area contributed by atoms with E-state index < -0.39 is 12.2 Å². The fourth-order valence-electron chi connectivity index (χ4n) is 2.52. The molecule has 0 radical (unpaired) electrons. The third-order valence-corrected chi connectivity index (χ3v) is 4.08. The Morgan fingerprint density at radius 3 is 2.39 bits per heavy atom. The topological polar surface area (TPSA) is 38.8 Å². The van der Waals surface area contributed by atoms with Crippen LogP contribution in [0.25, 0.3) is 5.03 Å². The van der Waals surface area contributed by atoms with Crippen molar-refractivity contribution in [1.82, 2.24) is 0 Å². The van der Waals surface area contributed by atoms with E-state index in [1.165, 1.54) is 4.90 Å². The smallest absolute Gasteiger partial charge is 0.419 e. The molecule has 5 heteroatoms. The maximum absolute atomic E-state index is 12.3. The Morgan fingerprint density at radius 2 is 1.78 bits per heavy atom. The van der Waals surface area contributed by atoms with Crippen LogP contribution in [0, 0.1) is 0 Å². The molecule has 2 aromatic carbocycles. The number of nitrogens with zero attached hydrogens (tertiary/aromatic N) is 1. The molecule has 1 aliphatic heterocycles. The zero-order valence-electron chi connectivity index (χ0n) is 12.8. The van der Waals surface area contributed by atoms with Gasteiger partial charge in [0.15, 0.2) is 0 Å². The van der Waals surface area contributed by atoms with Gasteiger partial charge < -0.3 is 9.47 Å². The highest BCUT2D eigenvalue weighted by Gasteiger charge is 2.37. The molecule has 0 spiro atoms. The van der Waals surface area contributed by atoms with Gasteiger partial charge in [-0.05, 0) is 36.8 Å². The Balaban J connectivity index is 2.07. The summed E-state index contributed by atoms with van der Waals surface area (Å²) in [5.41, 5.74) is 2.16. The largest absolute Gasteiger partial charge is 0.497 e. The van der Waals surface area contributed by atoms with E-state index in [4.69, 9.17) is 21.1 Å². The first-order valence-electron chi connectivity index (χ1n) is 7.21. The van der Waals surface area contributed by atoms with E-state index in [9.17, 15) is 4.79 Å². The van der Waals surface area contributed by atoms with Crippen LogP contribution in [0.4, 0.5) is 10.5 Å². The van der Waals surface area contributed by atoms with Crippen molar-refractivity contribution in [3.05, 3.63) is 65.9 Å². The Hall–Kier alpha value is -2.46. The number of rotatable bonds is 3. The Kier molecular flexibility index (Phi) is 4.26. The van der Waals surface area contributed by atoms with Crippen LogP contribution >= 0.6 is 11.6 Å². The molecular formula is C18H16ClNO3. The van der Waals surface area contributed by atoms with Crippen LogP contribution in [-0.4, -0.2) is 19.3 Å². The summed E-state index contributed by atoms with van der Waals surface area (Å²) in [4.78, 5) is 13.8. The molecule has 0 aromatic heterocycles. The summed E-state index contributed by atoms with van der Waals surface area (Å²) in [6.07, 6.45) is -0.857. The number of cyclic esters (lactones) is 1. The minimum Gasteiger partial charge on any atom is -0.497 e. The highest BCUT2D eigenvalue weighted by molar-refractivity contribution is 6.49. The average molecular weight is 330 g/mol. The monoisotopic (exact) mass is 329 g/mol. The second-order valence-electron chi connectivity index (χ2n) is 5.12. The minimum atomic E-state index is -0.438. The fourth-order valence-corrected chi connectivity index (χ4v) is 2.89. The molecule has 2 aromatic rings. The van der Waals surface area contributed by atoms with E-state index in [1.54, 1.807) is 31.4 Å². The van der Waals surface area contributed by atoms with Crippen molar-refractivity contribution >= 4 is 28.4 Å². The van der Waals surface area contributed by atoms with E-state index >= 15 is 0 Å². The zero-order valence-corrected chi connectivity index (χ0v) is 13.6. The number of benzene rings is 2. The van der Waals surface area contributed by atoms with Gasteiger partial charge >= 0.3 is 6.09 Å². The molecule has 0 aliphatic carbocycles. The van der Waals surface area contributed by atoms with Crippen LogP contribution in [0.3, 0.4) is 0 Å². The van der Waals surface area contributed by atoms with Crippen LogP contribution < -0.4 is 9.64 Å². The fraction of sp³-hybridized carbons (Fsp3) is 0.167. The quantitative estimate of drug-likeness (QED) is 0.823. The van der Waals surface area contributed by atoms with Crippen LogP contribution in [0.5, 0.6) is 5.75 Å². The lowest BCUT2D eigenvalue weighted by atomic mass is 10.1. The lowest BCUT2D eigenvalue weighted by molar-refractivity contribution is 0.154. The van der Waals surface area contributed by atoms with E-state index in [0.717, 1.165) is 5.56 Å². The van der Waals surface area contributed by atoms with Gasteiger partial charge in [-0.2, -0.15) is 0 Å². The van der Waals surface area contributed by atoms with Gasteiger partial charge in [-0.1, -0.05) is 41.9 Å². The maximum atomic E-state index is 12.3. The van der Waals surface area contributed by atoms with E-state index in [2.05, 4.69) is 0 Å². The number of ether oxygens (including phenoxy) is 2. The standard InChI is InChI=1S/C18H16ClNO3/c1-12-17(16(19)13-6-4-3-5-7-13)20(18(21)23-12)14-8-10-15(22-2)11-9-14/h3-12H,1-2H3/b17-16+. The van der Waals surface area contributed by atoms with Crippen molar-refractivity contribution in [3.63, 3.8) is 0 Å². The number of anilines is 1. The van der Waals surface area contributed by atoms with Crippen LogP contribution in [0.2, 0.25) is 0 Å². The van der Waals surface area contributed by atoms with Crippen LogP contribution in [0.15, 0.2) is 60.3 Å². The molecule has 1 saturated heterocycles. The predicted molar refractivity (Wildman–Crippen MR) is 90.6 cm³/mol. The summed E-state index contributed by atoms with van der Waals surface area (Å²) in [6, 6.07) is 16.7. The van der Waals surface area contributed by atoms with E-state index in [0.29, 0.717) is 22.2 Å². The highest BCUT2D eigenvalue weighted by Crippen LogP contribution is 2.37. The molecule has 23 heavy (non-hydrogen) atoms. The number of hydrogen-bond acceptors (Lipinski definition) is 3. The Labute approximate surface area is 139 Å². The number of amides is 1. The summed E-state index contributed by atoms with van der Waals surface area (Å²) in [6.45, 7) is 1.81. The third kappa shape index (κ3) is 2.90. The number of carbonyl (C=O) groups is 1. The predicted octanol–water partition coefficient (Wildman–Crippen LogP) is 4.65. The molecule has 4 nitrogen and oxygen atoms in total. The molecule has 1 heterocycles. The molecule has 0 saturated carbocycles. The van der Waals surface area contributed by atoms with Gasteiger partial charge in [0.25, 0.3) is 0 Å². The molecule has 0 bridgehead atoms. The summed E-state index contributed by atoms with van der Waals surface area (Å²) in [5, 5.41) is 0.500. The molecule has 1 amide bonds. The average Bonchev–Trinajstić information content (AvgIpc) is 2.89. The van der Waals surface area contributed by atoms with Crippen LogP contribution in [-0.2, 0) is 4.74 Å². The lowest BCUT2D eigenvalue weighted by Crippen LogP contribution is -2.23. The van der Waals surface area contributed by atoms with Gasteiger partial charge in [0.2, 0.25) is 0 Å². The van der Waals surface area contributed by atoms with Gasteiger partial charge in [-0.3, -0.25) is 0 Å². The lowest BCUT2D eigenvalue weighted by Gasteiger charge is -2.18. The van der Waals surface area contributed by atoms with E-state index in [1.807, 2.05) is 37.3 Å². The summed E-state index contributed by atoms with van der Waals surface area (Å²) < 4.78 is 10.5. The zero-order chi connectivity index (χ0) is 16.4. The van der Waals surface area contributed by atoms with Gasteiger partial charge in [0, 0.05) is 0 Å². The van der Waals surface area contributed by atoms with Gasteiger partial charge in [-0.25, -0.2) is 9.69 Å². The third-order valence-electron chi connectivity index (χ3n) is 3.67. The van der Waals surface area contributed by atoms with Gasteiger partial charge in [-0.15, -0.1) is 0 Å². The number of methoxy groups -OCH3 is 1. The van der Waals surface area contributed by atoms with Crippen molar-refractivity contribution in [2.45, 2.75) is 13.0 Å². The molecule has 118 valence electrons. The molecule has 1 unspecified atom stereocenters. The maximum Gasteiger partial charge on any atom is 0.419 e. The first-order chi connectivity index (χ1) is 11.1. The summed E-state index contributed by atoms with van der Waals surface area (Å²) in [5.74, 6) is 0.717. The SMILES string of the molecule is COc1ccc(N2C(=O)OC(C)/C2=C(\Cl)c2ccccc2)cc1.